The summed E-state index contributed by atoms with van der Waals surface area (Å²) in [5.74, 6) is 0.429. The van der Waals surface area contributed by atoms with Crippen LogP contribution in [0.4, 0.5) is 0 Å². The Bertz CT molecular complexity index is 256. The Morgan fingerprint density at radius 2 is 2.00 bits per heavy atom. The number of rotatable bonds is 3. The molecule has 0 aliphatic carbocycles. The van der Waals surface area contributed by atoms with Crippen LogP contribution in [0.15, 0.2) is 18.7 Å². The van der Waals surface area contributed by atoms with E-state index >= 15 is 0 Å². The minimum atomic E-state index is -0.323. The Hall–Kier alpha value is -0.960. The molecule has 3 heteroatoms. The van der Waals surface area contributed by atoms with E-state index in [0.29, 0.717) is 5.92 Å². The molecule has 0 aromatic carbocycles. The maximum absolute atomic E-state index is 6.21. The van der Waals surface area contributed by atoms with E-state index in [1.807, 2.05) is 6.92 Å². The Morgan fingerprint density at radius 1 is 1.46 bits per heavy atom. The molecule has 0 radical (unpaired) electrons. The van der Waals surface area contributed by atoms with Crippen molar-refractivity contribution < 1.29 is 0 Å². The summed E-state index contributed by atoms with van der Waals surface area (Å²) in [7, 11) is 0. The summed E-state index contributed by atoms with van der Waals surface area (Å²) in [6.07, 6.45) is 6.16. The number of nitrogens with two attached hydrogens (primary N) is 1. The fourth-order valence-corrected chi connectivity index (χ4v) is 1.29. The first kappa shape index (κ1) is 10.1. The molecule has 0 aliphatic rings. The molecule has 1 rings (SSSR count). The van der Waals surface area contributed by atoms with Gasteiger partial charge in [-0.1, -0.05) is 20.3 Å². The number of hydrogen-bond acceptors (Lipinski definition) is 3. The summed E-state index contributed by atoms with van der Waals surface area (Å²) in [6, 6.07) is 0. The first-order valence-corrected chi connectivity index (χ1v) is 4.63. The Morgan fingerprint density at radius 3 is 2.46 bits per heavy atom. The normalized spacial score (nSPS) is 17.8. The van der Waals surface area contributed by atoms with Crippen molar-refractivity contribution in [3.8, 4) is 0 Å². The maximum Gasteiger partial charge on any atom is 0.115 e. The zero-order valence-electron chi connectivity index (χ0n) is 8.49. The first-order chi connectivity index (χ1) is 6.09. The number of hydrogen-bond donors (Lipinski definition) is 1. The van der Waals surface area contributed by atoms with Crippen molar-refractivity contribution in [2.75, 3.05) is 0 Å². The van der Waals surface area contributed by atoms with Crippen LogP contribution in [0.1, 0.15) is 32.8 Å². The smallest absolute Gasteiger partial charge is 0.115 e. The third kappa shape index (κ3) is 2.04. The molecule has 2 unspecified atom stereocenters. The van der Waals surface area contributed by atoms with E-state index in [0.717, 1.165) is 12.0 Å². The quantitative estimate of drug-likeness (QED) is 0.768. The topological polar surface area (TPSA) is 51.8 Å². The molecule has 1 aromatic heterocycles. The van der Waals surface area contributed by atoms with Crippen LogP contribution in [-0.4, -0.2) is 9.97 Å². The predicted octanol–water partition coefficient (Wildman–Crippen LogP) is 1.70. The Kier molecular flexibility index (Phi) is 2.98. The minimum absolute atomic E-state index is 0.323. The summed E-state index contributed by atoms with van der Waals surface area (Å²) in [5.41, 5.74) is 6.89. The number of aromatic nitrogens is 2. The van der Waals surface area contributed by atoms with Crippen LogP contribution in [0.25, 0.3) is 0 Å². The molecule has 1 aromatic rings. The fraction of sp³-hybridized carbons (Fsp3) is 0.600. The van der Waals surface area contributed by atoms with Crippen LogP contribution in [0.3, 0.4) is 0 Å². The van der Waals surface area contributed by atoms with Crippen molar-refractivity contribution in [1.82, 2.24) is 9.97 Å². The van der Waals surface area contributed by atoms with Crippen LogP contribution in [0.2, 0.25) is 0 Å². The molecule has 3 nitrogen and oxygen atoms in total. The second-order valence-corrected chi connectivity index (χ2v) is 3.72. The van der Waals surface area contributed by atoms with Gasteiger partial charge in [0, 0.05) is 23.5 Å². The van der Waals surface area contributed by atoms with E-state index in [1.165, 1.54) is 6.33 Å². The van der Waals surface area contributed by atoms with Crippen LogP contribution >= 0.6 is 0 Å². The second kappa shape index (κ2) is 3.83. The average Bonchev–Trinajstić information content (AvgIpc) is 2.18. The van der Waals surface area contributed by atoms with E-state index < -0.39 is 0 Å². The highest BCUT2D eigenvalue weighted by molar-refractivity contribution is 5.16. The molecule has 0 bridgehead atoms. The van der Waals surface area contributed by atoms with Crippen molar-refractivity contribution in [3.05, 3.63) is 24.3 Å². The van der Waals surface area contributed by atoms with Crippen LogP contribution in [0.5, 0.6) is 0 Å². The van der Waals surface area contributed by atoms with E-state index in [-0.39, 0.29) is 5.54 Å². The number of nitrogens with zero attached hydrogens (tertiary/aromatic N) is 2. The molecule has 13 heavy (non-hydrogen) atoms. The second-order valence-electron chi connectivity index (χ2n) is 3.72. The van der Waals surface area contributed by atoms with Crippen molar-refractivity contribution >= 4 is 0 Å². The average molecular weight is 179 g/mol. The molecule has 2 atom stereocenters. The van der Waals surface area contributed by atoms with E-state index in [1.54, 1.807) is 12.4 Å². The molecule has 2 N–H and O–H groups in total. The van der Waals surface area contributed by atoms with Gasteiger partial charge in [-0.2, -0.15) is 0 Å². The zero-order valence-corrected chi connectivity index (χ0v) is 8.49. The Balaban J connectivity index is 2.93. The van der Waals surface area contributed by atoms with Gasteiger partial charge in [0.2, 0.25) is 0 Å². The molecular formula is C10H17N3. The van der Waals surface area contributed by atoms with Gasteiger partial charge >= 0.3 is 0 Å². The maximum atomic E-state index is 6.21. The van der Waals surface area contributed by atoms with Gasteiger partial charge in [-0.15, -0.1) is 0 Å². The summed E-state index contributed by atoms with van der Waals surface area (Å²) >= 11 is 0. The molecule has 0 aliphatic heterocycles. The van der Waals surface area contributed by atoms with Crippen molar-refractivity contribution in [2.45, 2.75) is 32.7 Å². The lowest BCUT2D eigenvalue weighted by atomic mass is 9.81. The monoisotopic (exact) mass is 179 g/mol. The molecule has 1 heterocycles. The largest absolute Gasteiger partial charge is 0.321 e. The van der Waals surface area contributed by atoms with Gasteiger partial charge < -0.3 is 5.73 Å². The summed E-state index contributed by atoms with van der Waals surface area (Å²) in [6.45, 7) is 6.31. The van der Waals surface area contributed by atoms with Gasteiger partial charge in [0.1, 0.15) is 6.33 Å². The standard InChI is InChI=1S/C10H17N3/c1-4-8(2)10(3,11)9-5-12-7-13-6-9/h5-8H,4,11H2,1-3H3. The zero-order chi connectivity index (χ0) is 9.90. The predicted molar refractivity (Wildman–Crippen MR) is 53.0 cm³/mol. The molecule has 0 amide bonds. The van der Waals surface area contributed by atoms with Gasteiger partial charge in [0.05, 0.1) is 0 Å². The van der Waals surface area contributed by atoms with Gasteiger partial charge in [-0.25, -0.2) is 9.97 Å². The molecule has 0 fully saturated rings. The van der Waals surface area contributed by atoms with Crippen molar-refractivity contribution in [1.29, 1.82) is 0 Å². The first-order valence-electron chi connectivity index (χ1n) is 4.63. The van der Waals surface area contributed by atoms with Gasteiger partial charge in [0.15, 0.2) is 0 Å². The minimum Gasteiger partial charge on any atom is -0.321 e. The lowest BCUT2D eigenvalue weighted by Gasteiger charge is -2.30. The molecule has 0 saturated carbocycles. The van der Waals surface area contributed by atoms with Gasteiger partial charge in [-0.05, 0) is 12.8 Å². The summed E-state index contributed by atoms with van der Waals surface area (Å²) in [5, 5.41) is 0. The molecular weight excluding hydrogens is 162 g/mol. The highest BCUT2D eigenvalue weighted by Crippen LogP contribution is 2.27. The lowest BCUT2D eigenvalue weighted by molar-refractivity contribution is 0.314. The van der Waals surface area contributed by atoms with Crippen LogP contribution < -0.4 is 5.73 Å². The third-order valence-corrected chi connectivity index (χ3v) is 2.82. The van der Waals surface area contributed by atoms with Gasteiger partial charge in [0.25, 0.3) is 0 Å². The third-order valence-electron chi connectivity index (χ3n) is 2.82. The Labute approximate surface area is 79.4 Å². The van der Waals surface area contributed by atoms with E-state index in [9.17, 15) is 0 Å². The van der Waals surface area contributed by atoms with Crippen molar-refractivity contribution in [3.63, 3.8) is 0 Å². The summed E-state index contributed by atoms with van der Waals surface area (Å²) in [4.78, 5) is 7.95. The fourth-order valence-electron chi connectivity index (χ4n) is 1.29. The van der Waals surface area contributed by atoms with Crippen molar-refractivity contribution in [2.24, 2.45) is 11.7 Å². The highest BCUT2D eigenvalue weighted by atomic mass is 14.8. The van der Waals surface area contributed by atoms with E-state index in [4.69, 9.17) is 5.73 Å². The molecule has 72 valence electrons. The van der Waals surface area contributed by atoms with Crippen LogP contribution in [0, 0.1) is 5.92 Å². The highest BCUT2D eigenvalue weighted by Gasteiger charge is 2.27. The SMILES string of the molecule is CCC(C)C(C)(N)c1cncnc1. The molecule has 0 saturated heterocycles. The van der Waals surface area contributed by atoms with Crippen LogP contribution in [-0.2, 0) is 5.54 Å². The lowest BCUT2D eigenvalue weighted by Crippen LogP contribution is -2.39. The van der Waals surface area contributed by atoms with Gasteiger partial charge in [-0.3, -0.25) is 0 Å². The van der Waals surface area contributed by atoms with E-state index in [2.05, 4.69) is 23.8 Å². The molecule has 0 spiro atoms. The summed E-state index contributed by atoms with van der Waals surface area (Å²) < 4.78 is 0.